The first-order valence-corrected chi connectivity index (χ1v) is 14.0. The molecule has 0 spiro atoms. The van der Waals surface area contributed by atoms with Crippen molar-refractivity contribution in [2.75, 3.05) is 13.7 Å². The number of fused-ring (bicyclic) bond motifs is 5. The van der Waals surface area contributed by atoms with Gasteiger partial charge in [-0.1, -0.05) is 33.6 Å². The van der Waals surface area contributed by atoms with Gasteiger partial charge in [-0.25, -0.2) is 19.6 Å². The van der Waals surface area contributed by atoms with Crippen molar-refractivity contribution in [2.24, 2.45) is 11.3 Å². The molecule has 1 saturated heterocycles. The molecule has 2 fully saturated rings. The van der Waals surface area contributed by atoms with Gasteiger partial charge in [0.1, 0.15) is 35.7 Å². The Balaban J connectivity index is 1.48. The first-order chi connectivity index (χ1) is 19.0. The molecule has 2 aromatic rings. The number of nitrogens with one attached hydrogen (secondary N) is 1. The Morgan fingerprint density at radius 1 is 1.10 bits per heavy atom. The third kappa shape index (κ3) is 6.08. The van der Waals surface area contributed by atoms with Crippen LogP contribution in [-0.4, -0.2) is 75.9 Å². The fourth-order valence-electron chi connectivity index (χ4n) is 5.60. The summed E-state index contributed by atoms with van der Waals surface area (Å²) >= 11 is 0. The summed E-state index contributed by atoms with van der Waals surface area (Å²) in [7, 11) is 1.58. The van der Waals surface area contributed by atoms with Crippen molar-refractivity contribution >= 4 is 29.0 Å². The summed E-state index contributed by atoms with van der Waals surface area (Å²) in [5.74, 6) is -0.301. The number of hydrogen-bond donors (Lipinski definition) is 2. The van der Waals surface area contributed by atoms with Crippen molar-refractivity contribution in [3.63, 3.8) is 0 Å². The predicted molar refractivity (Wildman–Crippen MR) is 145 cm³/mol. The van der Waals surface area contributed by atoms with Gasteiger partial charge in [0.25, 0.3) is 0 Å². The van der Waals surface area contributed by atoms with Crippen molar-refractivity contribution in [1.82, 2.24) is 20.2 Å². The normalized spacial score (nSPS) is 27.8. The highest BCUT2D eigenvalue weighted by Gasteiger charge is 2.47. The maximum Gasteiger partial charge on any atom is 0.408 e. The molecule has 216 valence electrons. The van der Waals surface area contributed by atoms with Gasteiger partial charge in [-0.3, -0.25) is 4.79 Å². The van der Waals surface area contributed by atoms with E-state index in [4.69, 9.17) is 24.2 Å². The van der Waals surface area contributed by atoms with Crippen LogP contribution in [0.5, 0.6) is 11.6 Å². The Hall–Kier alpha value is -3.63. The minimum atomic E-state index is -1.13. The molecule has 1 unspecified atom stereocenters. The van der Waals surface area contributed by atoms with Crippen LogP contribution >= 0.6 is 0 Å². The average molecular weight is 555 g/mol. The second-order valence-electron chi connectivity index (χ2n) is 12.1. The van der Waals surface area contributed by atoms with Crippen LogP contribution in [0.4, 0.5) is 4.79 Å². The summed E-state index contributed by atoms with van der Waals surface area (Å²) < 4.78 is 17.3. The van der Waals surface area contributed by atoms with Crippen LogP contribution < -0.4 is 14.8 Å². The van der Waals surface area contributed by atoms with Gasteiger partial charge in [-0.15, -0.1) is 0 Å². The maximum absolute atomic E-state index is 13.8. The van der Waals surface area contributed by atoms with E-state index in [0.29, 0.717) is 35.2 Å². The first-order valence-electron chi connectivity index (χ1n) is 14.0. The highest BCUT2D eigenvalue weighted by Crippen LogP contribution is 2.39. The van der Waals surface area contributed by atoms with Gasteiger partial charge in [-0.05, 0) is 49.1 Å². The van der Waals surface area contributed by atoms with Crippen LogP contribution in [0.15, 0.2) is 18.2 Å². The fraction of sp³-hybridized carbons (Fsp3) is 0.621. The number of carboxylic acid groups (broad SMARTS) is 1. The number of aromatic nitrogens is 2. The number of rotatable bonds is 2. The number of carbonyl (C=O) groups excluding carboxylic acids is 2. The molecule has 40 heavy (non-hydrogen) atoms. The molecule has 1 saturated carbocycles. The number of nitrogens with zero attached hydrogens (tertiary/aromatic N) is 3. The summed E-state index contributed by atoms with van der Waals surface area (Å²) in [4.78, 5) is 49.7. The largest absolute Gasteiger partial charge is 0.497 e. The number of aliphatic carboxylic acids is 1. The van der Waals surface area contributed by atoms with E-state index in [1.807, 2.05) is 32.9 Å². The lowest BCUT2D eigenvalue weighted by Gasteiger charge is -2.34. The minimum absolute atomic E-state index is 0.0427. The number of aryl methyl sites for hydroxylation is 1. The molecule has 2 amide bonds. The molecule has 2 aliphatic heterocycles. The van der Waals surface area contributed by atoms with Gasteiger partial charge in [0.2, 0.25) is 11.8 Å². The van der Waals surface area contributed by atoms with E-state index in [9.17, 15) is 19.5 Å². The molecule has 0 radical (unpaired) electrons. The highest BCUT2D eigenvalue weighted by molar-refractivity contribution is 5.90. The Kier molecular flexibility index (Phi) is 7.74. The number of carbonyl (C=O) groups is 3. The maximum atomic E-state index is 13.8. The molecule has 2 bridgehead atoms. The van der Waals surface area contributed by atoms with Gasteiger partial charge in [0, 0.05) is 12.5 Å². The molecule has 5 rings (SSSR count). The van der Waals surface area contributed by atoms with E-state index >= 15 is 0 Å². The van der Waals surface area contributed by atoms with E-state index in [1.165, 1.54) is 4.90 Å². The van der Waals surface area contributed by atoms with Crippen LogP contribution in [0.3, 0.4) is 0 Å². The van der Waals surface area contributed by atoms with Crippen molar-refractivity contribution in [3.05, 3.63) is 23.9 Å². The van der Waals surface area contributed by atoms with Crippen molar-refractivity contribution in [3.8, 4) is 11.6 Å². The number of hydrogen-bond acceptors (Lipinski definition) is 8. The number of carboxylic acids is 1. The summed E-state index contributed by atoms with van der Waals surface area (Å²) in [5.41, 5.74) is 1.36. The molecule has 1 aromatic carbocycles. The third-order valence-electron chi connectivity index (χ3n) is 8.00. The molecular formula is C29H38N4O7. The fourth-order valence-corrected chi connectivity index (χ4v) is 5.60. The van der Waals surface area contributed by atoms with E-state index in [2.05, 4.69) is 5.32 Å². The van der Waals surface area contributed by atoms with Crippen molar-refractivity contribution in [1.29, 1.82) is 0 Å². The highest BCUT2D eigenvalue weighted by atomic mass is 16.6. The number of benzene rings is 1. The molecule has 5 atom stereocenters. The number of amides is 2. The van der Waals surface area contributed by atoms with Gasteiger partial charge in [0.05, 0.1) is 24.7 Å². The first kappa shape index (κ1) is 27.9. The molecular weight excluding hydrogens is 516 g/mol. The summed E-state index contributed by atoms with van der Waals surface area (Å²) in [6.45, 7) is 5.52. The van der Waals surface area contributed by atoms with Crippen LogP contribution in [0.25, 0.3) is 11.0 Å². The minimum Gasteiger partial charge on any atom is -0.497 e. The van der Waals surface area contributed by atoms with Crippen LogP contribution in [-0.2, 0) is 20.7 Å². The van der Waals surface area contributed by atoms with E-state index in [-0.39, 0.29) is 19.1 Å². The molecule has 3 aliphatic rings. The lowest BCUT2D eigenvalue weighted by Crippen LogP contribution is -2.57. The van der Waals surface area contributed by atoms with E-state index < -0.39 is 41.6 Å². The molecule has 2 N–H and O–H groups in total. The van der Waals surface area contributed by atoms with Crippen LogP contribution in [0.2, 0.25) is 0 Å². The van der Waals surface area contributed by atoms with Gasteiger partial charge >= 0.3 is 12.1 Å². The summed E-state index contributed by atoms with van der Waals surface area (Å²) in [6, 6.07) is 3.40. The van der Waals surface area contributed by atoms with Gasteiger partial charge in [-0.2, -0.15) is 0 Å². The standard InChI is InChI=1S/C29H38N4O7/c1-29(2,3)24-26(34)33-15-18(14-22(33)27(35)36)39-25-20(30-19-11-10-17(38-4)13-21(19)31-25)9-7-5-6-8-16-12-23(16)40-28(37)32-24/h10-11,13,16,18,22-24H,5-9,12,14-15H2,1-4H3,(H,32,37)(H,35,36)/t16?,18-,22+,23-,24-/m1/s1. The second kappa shape index (κ2) is 11.1. The summed E-state index contributed by atoms with van der Waals surface area (Å²) in [5, 5.41) is 12.7. The lowest BCUT2D eigenvalue weighted by molar-refractivity contribution is -0.150. The van der Waals surface area contributed by atoms with Crippen LogP contribution in [0, 0.1) is 11.3 Å². The average Bonchev–Trinajstić information content (AvgIpc) is 3.48. The van der Waals surface area contributed by atoms with E-state index in [0.717, 1.165) is 37.6 Å². The zero-order valence-electron chi connectivity index (χ0n) is 23.5. The van der Waals surface area contributed by atoms with Gasteiger partial charge in [0.15, 0.2) is 0 Å². The van der Waals surface area contributed by atoms with Crippen molar-refractivity contribution in [2.45, 2.75) is 90.0 Å². The lowest BCUT2D eigenvalue weighted by atomic mass is 9.85. The molecule has 1 aliphatic carbocycles. The summed E-state index contributed by atoms with van der Waals surface area (Å²) in [6.07, 6.45) is 3.97. The topological polar surface area (TPSA) is 140 Å². The Morgan fingerprint density at radius 2 is 1.90 bits per heavy atom. The second-order valence-corrected chi connectivity index (χ2v) is 12.1. The van der Waals surface area contributed by atoms with Gasteiger partial charge < -0.3 is 29.5 Å². The Bertz CT molecular complexity index is 1290. The Morgan fingerprint density at radius 3 is 2.62 bits per heavy atom. The monoisotopic (exact) mass is 554 g/mol. The molecule has 11 nitrogen and oxygen atoms in total. The molecule has 1 aromatic heterocycles. The third-order valence-corrected chi connectivity index (χ3v) is 8.00. The van der Waals surface area contributed by atoms with E-state index in [1.54, 1.807) is 13.2 Å². The number of alkyl carbamates (subject to hydrolysis) is 1. The Labute approximate surface area is 233 Å². The van der Waals surface area contributed by atoms with Crippen LogP contribution in [0.1, 0.15) is 65.0 Å². The molecule has 3 heterocycles. The van der Waals surface area contributed by atoms with Crippen molar-refractivity contribution < 1.29 is 33.7 Å². The SMILES string of the molecule is COc1ccc2nc3c(nc2c1)O[C@@H]1C[C@@H](C(=O)O)N(C1)C(=O)[C@H](C(C)(C)C)NC(=O)O[C@@H]1CC1CCCCC3. The zero-order valence-corrected chi connectivity index (χ0v) is 23.5. The number of methoxy groups -OCH3 is 1. The zero-order chi connectivity index (χ0) is 28.6. The quantitative estimate of drug-likeness (QED) is 0.568. The smallest absolute Gasteiger partial charge is 0.408 e. The number of ether oxygens (including phenoxy) is 3. The predicted octanol–water partition coefficient (Wildman–Crippen LogP) is 3.72. The molecule has 11 heteroatoms.